The van der Waals surface area contributed by atoms with Crippen molar-refractivity contribution in [1.29, 1.82) is 0 Å². The van der Waals surface area contributed by atoms with E-state index in [-0.39, 0.29) is 0 Å². The van der Waals surface area contributed by atoms with Crippen molar-refractivity contribution in [3.63, 3.8) is 0 Å². The van der Waals surface area contributed by atoms with E-state index >= 15 is 0 Å². The van der Waals surface area contributed by atoms with Crippen LogP contribution in [-0.2, 0) is 4.74 Å². The first-order chi connectivity index (χ1) is 11.9. The highest BCUT2D eigenvalue weighted by atomic mass is 16.5. The van der Waals surface area contributed by atoms with Gasteiger partial charge in [-0.2, -0.15) is 0 Å². The SMILES string of the molecule is C1=CCOC(c2cccc3ccc4cc5ccccc5cc4c23)=C1. The molecule has 4 aromatic rings. The van der Waals surface area contributed by atoms with Crippen LogP contribution in [-0.4, -0.2) is 6.61 Å². The zero-order chi connectivity index (χ0) is 15.9. The molecule has 1 aliphatic heterocycles. The summed E-state index contributed by atoms with van der Waals surface area (Å²) in [6, 6.07) is 24.0. The highest BCUT2D eigenvalue weighted by Crippen LogP contribution is 2.35. The first kappa shape index (κ1) is 13.4. The summed E-state index contributed by atoms with van der Waals surface area (Å²) in [5.41, 5.74) is 1.16. The number of fused-ring (bicyclic) bond motifs is 4. The summed E-state index contributed by atoms with van der Waals surface area (Å²) >= 11 is 0. The maximum Gasteiger partial charge on any atom is 0.127 e. The molecule has 1 heteroatoms. The first-order valence-corrected chi connectivity index (χ1v) is 8.24. The lowest BCUT2D eigenvalue weighted by Crippen LogP contribution is -1.97. The van der Waals surface area contributed by atoms with Gasteiger partial charge in [-0.05, 0) is 51.2 Å². The second kappa shape index (κ2) is 5.24. The van der Waals surface area contributed by atoms with Gasteiger partial charge in [0.25, 0.3) is 0 Å². The Balaban J connectivity index is 1.93. The lowest BCUT2D eigenvalue weighted by atomic mass is 9.94. The van der Waals surface area contributed by atoms with Gasteiger partial charge in [0.2, 0.25) is 0 Å². The summed E-state index contributed by atoms with van der Waals surface area (Å²) in [4.78, 5) is 0. The van der Waals surface area contributed by atoms with Gasteiger partial charge in [-0.15, -0.1) is 0 Å². The van der Waals surface area contributed by atoms with Crippen molar-refractivity contribution in [2.45, 2.75) is 0 Å². The molecule has 0 saturated heterocycles. The van der Waals surface area contributed by atoms with Crippen molar-refractivity contribution in [1.82, 2.24) is 0 Å². The third-order valence-electron chi connectivity index (χ3n) is 4.71. The van der Waals surface area contributed by atoms with Crippen LogP contribution in [0.4, 0.5) is 0 Å². The molecule has 0 aliphatic carbocycles. The Bertz CT molecular complexity index is 1150. The van der Waals surface area contributed by atoms with E-state index in [9.17, 15) is 0 Å². The zero-order valence-corrected chi connectivity index (χ0v) is 13.2. The number of benzene rings is 4. The summed E-state index contributed by atoms with van der Waals surface area (Å²) in [7, 11) is 0. The Kier molecular flexibility index (Phi) is 2.92. The van der Waals surface area contributed by atoms with Gasteiger partial charge < -0.3 is 4.74 Å². The molecule has 0 unspecified atom stereocenters. The van der Waals surface area contributed by atoms with E-state index in [0.717, 1.165) is 11.3 Å². The molecule has 0 saturated carbocycles. The van der Waals surface area contributed by atoms with Crippen LogP contribution < -0.4 is 0 Å². The molecule has 4 aromatic carbocycles. The Morgan fingerprint density at radius 1 is 0.708 bits per heavy atom. The van der Waals surface area contributed by atoms with Crippen LogP contribution >= 0.6 is 0 Å². The van der Waals surface area contributed by atoms with Crippen molar-refractivity contribution in [2.75, 3.05) is 6.61 Å². The summed E-state index contributed by atoms with van der Waals surface area (Å²) in [5, 5.41) is 7.60. The molecule has 0 atom stereocenters. The zero-order valence-electron chi connectivity index (χ0n) is 13.2. The Labute approximate surface area is 140 Å². The number of rotatable bonds is 1. The summed E-state index contributed by atoms with van der Waals surface area (Å²) < 4.78 is 5.88. The van der Waals surface area contributed by atoms with Crippen LogP contribution in [0.2, 0.25) is 0 Å². The molecule has 1 heterocycles. The fourth-order valence-corrected chi connectivity index (χ4v) is 3.57. The molecule has 0 aromatic heterocycles. The quantitative estimate of drug-likeness (QED) is 0.306. The standard InChI is InChI=1S/C23H16O/c1-2-7-18-15-21-19(14-17(18)6-1)12-11-16-8-5-9-20(23(16)21)22-10-3-4-13-24-22/h1-12,14-15H,13H2. The van der Waals surface area contributed by atoms with Gasteiger partial charge in [-0.25, -0.2) is 0 Å². The molecule has 1 nitrogen and oxygen atoms in total. The van der Waals surface area contributed by atoms with Gasteiger partial charge in [0.1, 0.15) is 12.4 Å². The molecule has 24 heavy (non-hydrogen) atoms. The Hall–Kier alpha value is -3.06. The second-order valence-corrected chi connectivity index (χ2v) is 6.16. The molecular weight excluding hydrogens is 292 g/mol. The predicted molar refractivity (Wildman–Crippen MR) is 102 cm³/mol. The van der Waals surface area contributed by atoms with Crippen molar-refractivity contribution >= 4 is 38.1 Å². The Morgan fingerprint density at radius 2 is 1.50 bits per heavy atom. The maximum absolute atomic E-state index is 5.88. The van der Waals surface area contributed by atoms with Crippen LogP contribution in [0.25, 0.3) is 38.1 Å². The first-order valence-electron chi connectivity index (χ1n) is 8.24. The third kappa shape index (κ3) is 2.02. The van der Waals surface area contributed by atoms with Crippen molar-refractivity contribution in [3.8, 4) is 0 Å². The van der Waals surface area contributed by atoms with Crippen molar-refractivity contribution < 1.29 is 4.74 Å². The van der Waals surface area contributed by atoms with Crippen LogP contribution in [0.5, 0.6) is 0 Å². The minimum atomic E-state index is 0.635. The molecule has 1 aliphatic rings. The van der Waals surface area contributed by atoms with Gasteiger partial charge in [-0.1, -0.05) is 60.7 Å². The van der Waals surface area contributed by atoms with Crippen LogP contribution in [0.3, 0.4) is 0 Å². The fourth-order valence-electron chi connectivity index (χ4n) is 3.57. The highest BCUT2D eigenvalue weighted by molar-refractivity contribution is 6.15. The highest BCUT2D eigenvalue weighted by Gasteiger charge is 2.12. The monoisotopic (exact) mass is 308 g/mol. The van der Waals surface area contributed by atoms with E-state index in [0.29, 0.717) is 6.61 Å². The van der Waals surface area contributed by atoms with E-state index < -0.39 is 0 Å². The average Bonchev–Trinajstić information content (AvgIpc) is 2.66. The van der Waals surface area contributed by atoms with Crippen molar-refractivity contribution in [2.24, 2.45) is 0 Å². The van der Waals surface area contributed by atoms with Crippen LogP contribution in [0, 0.1) is 0 Å². The largest absolute Gasteiger partial charge is 0.489 e. The summed E-state index contributed by atoms with van der Waals surface area (Å²) in [6.07, 6.45) is 6.15. The normalized spacial score (nSPS) is 14.1. The minimum Gasteiger partial charge on any atom is -0.489 e. The third-order valence-corrected chi connectivity index (χ3v) is 4.71. The molecule has 5 rings (SSSR count). The number of allylic oxidation sites excluding steroid dienone is 2. The maximum atomic E-state index is 5.88. The fraction of sp³-hybridized carbons (Fsp3) is 0.0435. The van der Waals surface area contributed by atoms with Crippen LogP contribution in [0.15, 0.2) is 85.0 Å². The van der Waals surface area contributed by atoms with Gasteiger partial charge in [0.15, 0.2) is 0 Å². The molecule has 114 valence electrons. The van der Waals surface area contributed by atoms with Gasteiger partial charge in [0, 0.05) is 10.9 Å². The predicted octanol–water partition coefficient (Wildman–Crippen LogP) is 6.07. The summed E-state index contributed by atoms with van der Waals surface area (Å²) in [5.74, 6) is 0.948. The van der Waals surface area contributed by atoms with Gasteiger partial charge in [-0.3, -0.25) is 0 Å². The van der Waals surface area contributed by atoms with E-state index in [1.165, 1.54) is 32.3 Å². The Morgan fingerprint density at radius 3 is 2.33 bits per heavy atom. The molecule has 0 N–H and O–H groups in total. The lowest BCUT2D eigenvalue weighted by Gasteiger charge is -2.15. The molecular formula is C23H16O. The van der Waals surface area contributed by atoms with Gasteiger partial charge in [0.05, 0.1) is 0 Å². The number of hydrogen-bond donors (Lipinski definition) is 0. The topological polar surface area (TPSA) is 9.23 Å². The minimum absolute atomic E-state index is 0.635. The molecule has 0 spiro atoms. The molecule has 0 bridgehead atoms. The smallest absolute Gasteiger partial charge is 0.127 e. The van der Waals surface area contributed by atoms with Gasteiger partial charge >= 0.3 is 0 Å². The number of ether oxygens (including phenoxy) is 1. The van der Waals surface area contributed by atoms with Crippen LogP contribution in [0.1, 0.15) is 5.56 Å². The van der Waals surface area contributed by atoms with E-state index in [1.54, 1.807) is 0 Å². The lowest BCUT2D eigenvalue weighted by molar-refractivity contribution is 0.316. The molecule has 0 amide bonds. The molecule has 0 radical (unpaired) electrons. The average molecular weight is 308 g/mol. The van der Waals surface area contributed by atoms with E-state index in [2.05, 4.69) is 78.9 Å². The van der Waals surface area contributed by atoms with E-state index in [1.807, 2.05) is 6.08 Å². The number of hydrogen-bond acceptors (Lipinski definition) is 1. The molecule has 0 fully saturated rings. The second-order valence-electron chi connectivity index (χ2n) is 6.16. The summed E-state index contributed by atoms with van der Waals surface area (Å²) in [6.45, 7) is 0.635. The van der Waals surface area contributed by atoms with Crippen molar-refractivity contribution in [3.05, 3.63) is 90.5 Å². The van der Waals surface area contributed by atoms with E-state index in [4.69, 9.17) is 4.74 Å².